The number of piperidine rings is 1. The van der Waals surface area contributed by atoms with Gasteiger partial charge in [-0.2, -0.15) is 0 Å². The standard InChI is InChI=1S/C14H18N2O2/c17-14(18-15-9-4-1-5-10-15)16-11-8-12-6-2-3-7-13(12)16/h2-3,6-7H,1,4-5,8-11H2. The lowest BCUT2D eigenvalue weighted by molar-refractivity contribution is -0.108. The van der Waals surface area contributed by atoms with Gasteiger partial charge in [0.05, 0.1) is 5.69 Å². The lowest BCUT2D eigenvalue weighted by atomic mass is 10.2. The van der Waals surface area contributed by atoms with Crippen molar-refractivity contribution in [3.05, 3.63) is 29.8 Å². The van der Waals surface area contributed by atoms with Gasteiger partial charge in [0.25, 0.3) is 0 Å². The molecule has 96 valence electrons. The fourth-order valence-electron chi connectivity index (χ4n) is 2.64. The summed E-state index contributed by atoms with van der Waals surface area (Å²) < 4.78 is 0. The molecule has 0 aromatic heterocycles. The fourth-order valence-corrected chi connectivity index (χ4v) is 2.64. The minimum absolute atomic E-state index is 0.234. The van der Waals surface area contributed by atoms with Crippen LogP contribution in [-0.2, 0) is 11.3 Å². The highest BCUT2D eigenvalue weighted by molar-refractivity contribution is 5.90. The second kappa shape index (κ2) is 4.98. The van der Waals surface area contributed by atoms with Gasteiger partial charge in [-0.25, -0.2) is 4.79 Å². The molecule has 0 aliphatic carbocycles. The Balaban J connectivity index is 1.67. The quantitative estimate of drug-likeness (QED) is 0.763. The Morgan fingerprint density at radius 3 is 2.67 bits per heavy atom. The highest BCUT2D eigenvalue weighted by Crippen LogP contribution is 2.28. The molecule has 2 aliphatic rings. The van der Waals surface area contributed by atoms with E-state index in [2.05, 4.69) is 6.07 Å². The van der Waals surface area contributed by atoms with Crippen molar-refractivity contribution >= 4 is 11.8 Å². The molecule has 2 aliphatic heterocycles. The van der Waals surface area contributed by atoms with Crippen molar-refractivity contribution in [1.29, 1.82) is 0 Å². The van der Waals surface area contributed by atoms with Crippen molar-refractivity contribution in [2.24, 2.45) is 0 Å². The minimum atomic E-state index is -0.234. The number of carbonyl (C=O) groups excluding carboxylic acids is 1. The van der Waals surface area contributed by atoms with E-state index >= 15 is 0 Å². The van der Waals surface area contributed by atoms with Gasteiger partial charge in [0.1, 0.15) is 0 Å². The molecular weight excluding hydrogens is 228 g/mol. The Morgan fingerprint density at radius 2 is 1.83 bits per heavy atom. The molecule has 0 unspecified atom stereocenters. The van der Waals surface area contributed by atoms with E-state index in [1.54, 1.807) is 9.96 Å². The first-order valence-corrected chi connectivity index (χ1v) is 6.67. The summed E-state index contributed by atoms with van der Waals surface area (Å²) in [5.74, 6) is 0. The number of para-hydroxylation sites is 1. The molecule has 1 saturated heterocycles. The number of hydroxylamine groups is 2. The van der Waals surface area contributed by atoms with Crippen molar-refractivity contribution < 1.29 is 9.63 Å². The van der Waals surface area contributed by atoms with Crippen LogP contribution in [-0.4, -0.2) is 30.8 Å². The molecule has 0 radical (unpaired) electrons. The van der Waals surface area contributed by atoms with Gasteiger partial charge in [-0.05, 0) is 30.9 Å². The first-order chi connectivity index (χ1) is 8.84. The van der Waals surface area contributed by atoms with Gasteiger partial charge >= 0.3 is 6.09 Å². The van der Waals surface area contributed by atoms with Gasteiger partial charge in [-0.15, -0.1) is 5.06 Å². The van der Waals surface area contributed by atoms with E-state index in [1.807, 2.05) is 18.2 Å². The van der Waals surface area contributed by atoms with Crippen LogP contribution in [0.3, 0.4) is 0 Å². The van der Waals surface area contributed by atoms with Crippen LogP contribution in [0.15, 0.2) is 24.3 Å². The maximum Gasteiger partial charge on any atom is 0.433 e. The first-order valence-electron chi connectivity index (χ1n) is 6.67. The number of nitrogens with zero attached hydrogens (tertiary/aromatic N) is 2. The van der Waals surface area contributed by atoms with E-state index in [1.165, 1.54) is 12.0 Å². The van der Waals surface area contributed by atoms with Crippen molar-refractivity contribution in [3.8, 4) is 0 Å². The average Bonchev–Trinajstić information content (AvgIpc) is 2.84. The molecule has 0 N–H and O–H groups in total. The van der Waals surface area contributed by atoms with E-state index in [-0.39, 0.29) is 6.09 Å². The normalized spacial score (nSPS) is 19.7. The summed E-state index contributed by atoms with van der Waals surface area (Å²) in [6.45, 7) is 2.45. The summed E-state index contributed by atoms with van der Waals surface area (Å²) in [4.78, 5) is 19.3. The Bertz CT molecular complexity index is 441. The summed E-state index contributed by atoms with van der Waals surface area (Å²) in [5, 5.41) is 1.80. The van der Waals surface area contributed by atoms with E-state index in [0.29, 0.717) is 0 Å². The Hall–Kier alpha value is -1.55. The zero-order valence-electron chi connectivity index (χ0n) is 10.5. The molecule has 0 atom stereocenters. The van der Waals surface area contributed by atoms with Crippen LogP contribution in [0, 0.1) is 0 Å². The minimum Gasteiger partial charge on any atom is -0.351 e. The summed E-state index contributed by atoms with van der Waals surface area (Å²) in [7, 11) is 0. The molecule has 1 amide bonds. The fraction of sp³-hybridized carbons (Fsp3) is 0.500. The molecule has 0 saturated carbocycles. The molecule has 0 spiro atoms. The van der Waals surface area contributed by atoms with Crippen molar-refractivity contribution in [1.82, 2.24) is 5.06 Å². The second-order valence-corrected chi connectivity index (χ2v) is 4.88. The number of hydrogen-bond donors (Lipinski definition) is 0. The number of anilines is 1. The van der Waals surface area contributed by atoms with Crippen LogP contribution < -0.4 is 4.90 Å². The number of hydrogen-bond acceptors (Lipinski definition) is 3. The van der Waals surface area contributed by atoms with Crippen LogP contribution in [0.4, 0.5) is 10.5 Å². The molecule has 18 heavy (non-hydrogen) atoms. The number of rotatable bonds is 1. The SMILES string of the molecule is O=C(ON1CCCCC1)N1CCc2ccccc21. The second-order valence-electron chi connectivity index (χ2n) is 4.88. The Morgan fingerprint density at radius 1 is 1.06 bits per heavy atom. The van der Waals surface area contributed by atoms with E-state index < -0.39 is 0 Å². The van der Waals surface area contributed by atoms with Gasteiger partial charge in [0.2, 0.25) is 0 Å². The highest BCUT2D eigenvalue weighted by Gasteiger charge is 2.27. The summed E-state index contributed by atoms with van der Waals surface area (Å²) >= 11 is 0. The Labute approximate surface area is 107 Å². The number of amides is 1. The predicted molar refractivity (Wildman–Crippen MR) is 69.4 cm³/mol. The van der Waals surface area contributed by atoms with Gasteiger partial charge in [-0.1, -0.05) is 24.6 Å². The first kappa shape index (κ1) is 11.5. The zero-order valence-corrected chi connectivity index (χ0v) is 10.5. The predicted octanol–water partition coefficient (Wildman–Crippen LogP) is 2.59. The lowest BCUT2D eigenvalue weighted by Gasteiger charge is -2.27. The lowest BCUT2D eigenvalue weighted by Crippen LogP contribution is -2.38. The van der Waals surface area contributed by atoms with E-state index in [4.69, 9.17) is 4.84 Å². The molecular formula is C14H18N2O2. The monoisotopic (exact) mass is 246 g/mol. The third-order valence-electron chi connectivity index (χ3n) is 3.63. The molecule has 1 aromatic carbocycles. The summed E-state index contributed by atoms with van der Waals surface area (Å²) in [6.07, 6.45) is 4.15. The van der Waals surface area contributed by atoms with Gasteiger partial charge in [-0.3, -0.25) is 4.90 Å². The third-order valence-corrected chi connectivity index (χ3v) is 3.63. The maximum atomic E-state index is 12.1. The van der Waals surface area contributed by atoms with Crippen molar-refractivity contribution in [2.45, 2.75) is 25.7 Å². The molecule has 1 aromatic rings. The van der Waals surface area contributed by atoms with Crippen LogP contribution in [0.5, 0.6) is 0 Å². The maximum absolute atomic E-state index is 12.1. The summed E-state index contributed by atoms with van der Waals surface area (Å²) in [6, 6.07) is 8.03. The molecule has 4 nitrogen and oxygen atoms in total. The van der Waals surface area contributed by atoms with E-state index in [0.717, 1.165) is 44.6 Å². The van der Waals surface area contributed by atoms with Crippen molar-refractivity contribution in [2.75, 3.05) is 24.5 Å². The van der Waals surface area contributed by atoms with Gasteiger partial charge in [0, 0.05) is 19.6 Å². The molecule has 2 heterocycles. The molecule has 3 rings (SSSR count). The van der Waals surface area contributed by atoms with Crippen LogP contribution in [0.1, 0.15) is 24.8 Å². The highest BCUT2D eigenvalue weighted by atomic mass is 16.7. The molecule has 4 heteroatoms. The Kier molecular flexibility index (Phi) is 3.19. The number of fused-ring (bicyclic) bond motifs is 1. The van der Waals surface area contributed by atoms with Crippen LogP contribution in [0.2, 0.25) is 0 Å². The number of carbonyl (C=O) groups is 1. The van der Waals surface area contributed by atoms with E-state index in [9.17, 15) is 4.79 Å². The van der Waals surface area contributed by atoms with Crippen LogP contribution >= 0.6 is 0 Å². The van der Waals surface area contributed by atoms with Gasteiger partial charge in [0.15, 0.2) is 0 Å². The van der Waals surface area contributed by atoms with Crippen LogP contribution in [0.25, 0.3) is 0 Å². The zero-order chi connectivity index (χ0) is 12.4. The van der Waals surface area contributed by atoms with Crippen molar-refractivity contribution in [3.63, 3.8) is 0 Å². The average molecular weight is 246 g/mol. The number of benzene rings is 1. The molecule has 0 bridgehead atoms. The smallest absolute Gasteiger partial charge is 0.351 e. The molecule has 1 fully saturated rings. The van der Waals surface area contributed by atoms with Gasteiger partial charge < -0.3 is 4.84 Å². The largest absolute Gasteiger partial charge is 0.433 e. The summed E-state index contributed by atoms with van der Waals surface area (Å²) in [5.41, 5.74) is 2.23. The topological polar surface area (TPSA) is 32.8 Å². The third kappa shape index (κ3) is 2.20.